The van der Waals surface area contributed by atoms with E-state index in [1.165, 1.54) is 6.20 Å². The number of anilines is 1. The summed E-state index contributed by atoms with van der Waals surface area (Å²) in [5, 5.41) is 14.7. The van der Waals surface area contributed by atoms with Crippen molar-refractivity contribution in [2.24, 2.45) is 0 Å². The fraction of sp³-hybridized carbons (Fsp3) is 0.182. The van der Waals surface area contributed by atoms with Gasteiger partial charge in [0.15, 0.2) is 0 Å². The molecule has 2 aromatic rings. The summed E-state index contributed by atoms with van der Waals surface area (Å²) in [6.45, 7) is 2.52. The van der Waals surface area contributed by atoms with Gasteiger partial charge in [-0.05, 0) is 25.1 Å². The highest BCUT2D eigenvalue weighted by atomic mass is 79.9. The molecule has 0 unspecified atom stereocenters. The van der Waals surface area contributed by atoms with E-state index in [2.05, 4.69) is 26.2 Å². The van der Waals surface area contributed by atoms with Gasteiger partial charge in [-0.15, -0.1) is 0 Å². The first-order valence-corrected chi connectivity index (χ1v) is 5.89. The SMILES string of the molecule is CCNc1c([N+](=O)[O-])cnc2cc(Br)ccc12. The summed E-state index contributed by atoms with van der Waals surface area (Å²) in [4.78, 5) is 14.6. The second-order valence-corrected chi connectivity index (χ2v) is 4.38. The standard InChI is InChI=1S/C11H10BrN3O2/c1-2-13-11-8-4-3-7(12)5-9(8)14-6-10(11)15(16)17/h3-6H,2H2,1H3,(H,13,14). The van der Waals surface area contributed by atoms with Crippen LogP contribution in [0.2, 0.25) is 0 Å². The summed E-state index contributed by atoms with van der Waals surface area (Å²) in [5.41, 5.74) is 1.25. The molecule has 1 aromatic carbocycles. The van der Waals surface area contributed by atoms with E-state index in [-0.39, 0.29) is 5.69 Å². The maximum absolute atomic E-state index is 10.9. The summed E-state index contributed by atoms with van der Waals surface area (Å²) in [6, 6.07) is 5.49. The van der Waals surface area contributed by atoms with Gasteiger partial charge < -0.3 is 5.32 Å². The van der Waals surface area contributed by atoms with Gasteiger partial charge in [-0.3, -0.25) is 10.1 Å². The monoisotopic (exact) mass is 295 g/mol. The fourth-order valence-electron chi connectivity index (χ4n) is 1.66. The number of hydrogen-bond acceptors (Lipinski definition) is 4. The van der Waals surface area contributed by atoms with Crippen LogP contribution in [0.5, 0.6) is 0 Å². The Morgan fingerprint density at radius 2 is 2.29 bits per heavy atom. The maximum Gasteiger partial charge on any atom is 0.311 e. The van der Waals surface area contributed by atoms with Crippen molar-refractivity contribution in [3.05, 3.63) is 39.0 Å². The molecule has 17 heavy (non-hydrogen) atoms. The van der Waals surface area contributed by atoms with Crippen LogP contribution in [0.25, 0.3) is 10.9 Å². The molecule has 0 radical (unpaired) electrons. The Balaban J connectivity index is 2.74. The minimum atomic E-state index is -0.424. The van der Waals surface area contributed by atoms with Gasteiger partial charge in [-0.25, -0.2) is 4.98 Å². The molecule has 2 rings (SSSR count). The zero-order valence-corrected chi connectivity index (χ0v) is 10.7. The highest BCUT2D eigenvalue weighted by Gasteiger charge is 2.17. The third-order valence-corrected chi connectivity index (χ3v) is 2.85. The second kappa shape index (κ2) is 4.67. The first kappa shape index (κ1) is 11.8. The van der Waals surface area contributed by atoms with Gasteiger partial charge in [0.05, 0.1) is 10.4 Å². The molecule has 0 saturated carbocycles. The lowest BCUT2D eigenvalue weighted by Gasteiger charge is -2.08. The van der Waals surface area contributed by atoms with Gasteiger partial charge in [-0.1, -0.05) is 15.9 Å². The summed E-state index contributed by atoms with van der Waals surface area (Å²) >= 11 is 3.35. The topological polar surface area (TPSA) is 68.1 Å². The van der Waals surface area contributed by atoms with Crippen LogP contribution >= 0.6 is 15.9 Å². The largest absolute Gasteiger partial charge is 0.379 e. The molecule has 0 aliphatic rings. The maximum atomic E-state index is 10.9. The Morgan fingerprint density at radius 3 is 2.94 bits per heavy atom. The molecule has 6 heteroatoms. The van der Waals surface area contributed by atoms with E-state index in [9.17, 15) is 10.1 Å². The van der Waals surface area contributed by atoms with Crippen molar-refractivity contribution in [3.63, 3.8) is 0 Å². The second-order valence-electron chi connectivity index (χ2n) is 3.47. The average Bonchev–Trinajstić information content (AvgIpc) is 2.28. The normalized spacial score (nSPS) is 10.5. The van der Waals surface area contributed by atoms with Crippen molar-refractivity contribution < 1.29 is 4.92 Å². The number of pyridine rings is 1. The van der Waals surface area contributed by atoms with Gasteiger partial charge in [0.2, 0.25) is 0 Å². The van der Waals surface area contributed by atoms with Crippen LogP contribution in [0, 0.1) is 10.1 Å². The third kappa shape index (κ3) is 2.21. The molecule has 0 saturated heterocycles. The van der Waals surface area contributed by atoms with Crippen molar-refractivity contribution >= 4 is 38.2 Å². The minimum absolute atomic E-state index is 0.00155. The first-order chi connectivity index (χ1) is 8.13. The molecule has 5 nitrogen and oxygen atoms in total. The van der Waals surface area contributed by atoms with Crippen molar-refractivity contribution in [3.8, 4) is 0 Å². The van der Waals surface area contributed by atoms with Gasteiger partial charge in [0, 0.05) is 16.4 Å². The van der Waals surface area contributed by atoms with Crippen LogP contribution in [0.1, 0.15) is 6.92 Å². The fourth-order valence-corrected chi connectivity index (χ4v) is 2.01. The summed E-state index contributed by atoms with van der Waals surface area (Å²) < 4.78 is 0.897. The molecule has 1 aromatic heterocycles. The van der Waals surface area contributed by atoms with Gasteiger partial charge in [-0.2, -0.15) is 0 Å². The van der Waals surface area contributed by atoms with Crippen molar-refractivity contribution in [2.45, 2.75) is 6.92 Å². The Morgan fingerprint density at radius 1 is 1.53 bits per heavy atom. The highest BCUT2D eigenvalue weighted by molar-refractivity contribution is 9.10. The van der Waals surface area contributed by atoms with Gasteiger partial charge in [0.25, 0.3) is 0 Å². The lowest BCUT2D eigenvalue weighted by Crippen LogP contribution is -2.02. The molecular formula is C11H10BrN3O2. The zero-order valence-electron chi connectivity index (χ0n) is 9.11. The van der Waals surface area contributed by atoms with E-state index < -0.39 is 4.92 Å². The van der Waals surface area contributed by atoms with E-state index >= 15 is 0 Å². The average molecular weight is 296 g/mol. The Labute approximate surface area is 106 Å². The molecule has 0 amide bonds. The van der Waals surface area contributed by atoms with Gasteiger partial charge in [0.1, 0.15) is 11.9 Å². The van der Waals surface area contributed by atoms with Crippen molar-refractivity contribution in [2.75, 3.05) is 11.9 Å². The van der Waals surface area contributed by atoms with E-state index in [0.29, 0.717) is 12.2 Å². The van der Waals surface area contributed by atoms with Crippen molar-refractivity contribution in [1.82, 2.24) is 4.98 Å². The minimum Gasteiger partial charge on any atom is -0.379 e. The molecule has 1 heterocycles. The predicted molar refractivity (Wildman–Crippen MR) is 70.3 cm³/mol. The quantitative estimate of drug-likeness (QED) is 0.696. The molecule has 0 aliphatic heterocycles. The third-order valence-electron chi connectivity index (χ3n) is 2.36. The van der Waals surface area contributed by atoms with Crippen LogP contribution in [0.15, 0.2) is 28.9 Å². The number of nitro groups is 1. The molecule has 0 spiro atoms. The number of halogens is 1. The molecular weight excluding hydrogens is 286 g/mol. The number of nitrogens with zero attached hydrogens (tertiary/aromatic N) is 2. The van der Waals surface area contributed by atoms with E-state index in [1.54, 1.807) is 0 Å². The van der Waals surface area contributed by atoms with Gasteiger partial charge >= 0.3 is 5.69 Å². The van der Waals surface area contributed by atoms with E-state index in [0.717, 1.165) is 15.4 Å². The predicted octanol–water partition coefficient (Wildman–Crippen LogP) is 3.34. The summed E-state index contributed by atoms with van der Waals surface area (Å²) in [7, 11) is 0. The van der Waals surface area contributed by atoms with Crippen LogP contribution < -0.4 is 5.32 Å². The van der Waals surface area contributed by atoms with Crippen LogP contribution in [0.4, 0.5) is 11.4 Å². The van der Waals surface area contributed by atoms with Crippen LogP contribution in [0.3, 0.4) is 0 Å². The van der Waals surface area contributed by atoms with E-state index in [1.807, 2.05) is 25.1 Å². The number of nitrogens with one attached hydrogen (secondary N) is 1. The van der Waals surface area contributed by atoms with E-state index in [4.69, 9.17) is 0 Å². The number of rotatable bonds is 3. The molecule has 0 fully saturated rings. The zero-order chi connectivity index (χ0) is 12.4. The number of aromatic nitrogens is 1. The molecule has 0 atom stereocenters. The lowest BCUT2D eigenvalue weighted by atomic mass is 10.1. The van der Waals surface area contributed by atoms with Crippen LogP contribution in [-0.4, -0.2) is 16.5 Å². The molecule has 88 valence electrons. The molecule has 0 bridgehead atoms. The highest BCUT2D eigenvalue weighted by Crippen LogP contribution is 2.32. The lowest BCUT2D eigenvalue weighted by molar-refractivity contribution is -0.384. The van der Waals surface area contributed by atoms with Crippen LogP contribution in [-0.2, 0) is 0 Å². The molecule has 0 aliphatic carbocycles. The molecule has 1 N–H and O–H groups in total. The first-order valence-electron chi connectivity index (χ1n) is 5.10. The van der Waals surface area contributed by atoms with Crippen molar-refractivity contribution in [1.29, 1.82) is 0 Å². The smallest absolute Gasteiger partial charge is 0.311 e. The Kier molecular flexibility index (Phi) is 3.23. The number of fused-ring (bicyclic) bond motifs is 1. The Bertz CT molecular complexity index is 586. The number of hydrogen-bond donors (Lipinski definition) is 1. The Hall–Kier alpha value is -1.69. The number of benzene rings is 1. The summed E-state index contributed by atoms with van der Waals surface area (Å²) in [5.74, 6) is 0. The summed E-state index contributed by atoms with van der Waals surface area (Å²) in [6.07, 6.45) is 1.28.